The summed E-state index contributed by atoms with van der Waals surface area (Å²) in [6.07, 6.45) is -3.46. The number of nitrogens with one attached hydrogen (secondary N) is 2. The van der Waals surface area contributed by atoms with E-state index in [1.165, 1.54) is 12.1 Å². The number of anilines is 2. The molecule has 1 heterocycles. The number of carboxylic acids is 1. The average molecular weight is 298 g/mol. The molecule has 1 aromatic carbocycles. The van der Waals surface area contributed by atoms with E-state index in [0.717, 1.165) is 24.4 Å². The number of rotatable bonds is 3. The first-order valence-electron chi connectivity index (χ1n) is 5.69. The lowest BCUT2D eigenvalue weighted by Crippen LogP contribution is -2.18. The fourth-order valence-corrected chi connectivity index (χ4v) is 1.76. The zero-order valence-corrected chi connectivity index (χ0v) is 10.4. The molecule has 21 heavy (non-hydrogen) atoms. The van der Waals surface area contributed by atoms with Crippen LogP contribution in [0.2, 0.25) is 0 Å². The molecule has 0 bridgehead atoms. The van der Waals surface area contributed by atoms with Crippen LogP contribution >= 0.6 is 0 Å². The maximum atomic E-state index is 12.9. The molecule has 2 rings (SSSR count). The Balaban J connectivity index is 2.52. The van der Waals surface area contributed by atoms with Gasteiger partial charge in [0.05, 0.1) is 11.3 Å². The number of hydrogen-bond acceptors (Lipinski definition) is 3. The minimum Gasteiger partial charge on any atom is -0.477 e. The van der Waals surface area contributed by atoms with Gasteiger partial charge in [0.2, 0.25) is 0 Å². The Morgan fingerprint density at radius 1 is 1.19 bits per heavy atom. The second kappa shape index (κ2) is 5.31. The summed E-state index contributed by atoms with van der Waals surface area (Å²) in [6, 6.07) is 5.53. The van der Waals surface area contributed by atoms with Gasteiger partial charge in [-0.2, -0.15) is 13.2 Å². The van der Waals surface area contributed by atoms with E-state index in [0.29, 0.717) is 0 Å². The van der Waals surface area contributed by atoms with Crippen molar-refractivity contribution >= 4 is 17.5 Å². The van der Waals surface area contributed by atoms with Crippen LogP contribution in [0, 0.1) is 0 Å². The SMILES string of the molecule is O=C(O)c1c(Nc2ccccc2C(F)(F)F)[nH]ccc1=O. The summed E-state index contributed by atoms with van der Waals surface area (Å²) in [5.74, 6) is -1.85. The van der Waals surface area contributed by atoms with Crippen LogP contribution in [-0.2, 0) is 6.18 Å². The third-order valence-corrected chi connectivity index (χ3v) is 2.66. The van der Waals surface area contributed by atoms with Gasteiger partial charge in [0.1, 0.15) is 11.4 Å². The molecule has 3 N–H and O–H groups in total. The summed E-state index contributed by atoms with van der Waals surface area (Å²) < 4.78 is 38.6. The van der Waals surface area contributed by atoms with Gasteiger partial charge in [-0.15, -0.1) is 0 Å². The van der Waals surface area contributed by atoms with Crippen molar-refractivity contribution < 1.29 is 23.1 Å². The summed E-state index contributed by atoms with van der Waals surface area (Å²) >= 11 is 0. The number of alkyl halides is 3. The number of aromatic amines is 1. The molecule has 0 aliphatic heterocycles. The maximum Gasteiger partial charge on any atom is 0.418 e. The highest BCUT2D eigenvalue weighted by molar-refractivity contribution is 5.93. The summed E-state index contributed by atoms with van der Waals surface area (Å²) in [4.78, 5) is 24.9. The molecule has 0 amide bonds. The number of para-hydroxylation sites is 1. The highest BCUT2D eigenvalue weighted by Crippen LogP contribution is 2.35. The van der Waals surface area contributed by atoms with Crippen LogP contribution in [0.1, 0.15) is 15.9 Å². The summed E-state index contributed by atoms with van der Waals surface area (Å²) in [5.41, 5.74) is -2.79. The Morgan fingerprint density at radius 3 is 2.48 bits per heavy atom. The lowest BCUT2D eigenvalue weighted by Gasteiger charge is -2.15. The van der Waals surface area contributed by atoms with Crippen molar-refractivity contribution in [3.63, 3.8) is 0 Å². The molecular weight excluding hydrogens is 289 g/mol. The molecule has 110 valence electrons. The van der Waals surface area contributed by atoms with Gasteiger partial charge in [0.15, 0.2) is 5.43 Å². The molecule has 0 aliphatic carbocycles. The summed E-state index contributed by atoms with van der Waals surface area (Å²) in [6.45, 7) is 0. The topological polar surface area (TPSA) is 82.2 Å². The minimum atomic E-state index is -4.61. The Bertz CT molecular complexity index is 738. The number of aromatic carboxylic acids is 1. The fourth-order valence-electron chi connectivity index (χ4n) is 1.76. The standard InChI is InChI=1S/C13H9F3N2O3/c14-13(15,16)7-3-1-2-4-8(7)18-11-10(12(20)21)9(19)5-6-17-11/h1-6H,(H,20,21)(H2,17,18,19). The predicted molar refractivity (Wildman–Crippen MR) is 68.7 cm³/mol. The van der Waals surface area contributed by atoms with Gasteiger partial charge in [0.25, 0.3) is 0 Å². The van der Waals surface area contributed by atoms with Crippen molar-refractivity contribution in [2.75, 3.05) is 5.32 Å². The molecule has 1 aromatic heterocycles. The Hall–Kier alpha value is -2.77. The first-order chi connectivity index (χ1) is 9.80. The number of aromatic nitrogens is 1. The highest BCUT2D eigenvalue weighted by atomic mass is 19.4. The minimum absolute atomic E-state index is 0.313. The molecule has 0 unspecified atom stereocenters. The molecule has 0 aliphatic rings. The number of benzene rings is 1. The quantitative estimate of drug-likeness (QED) is 0.813. The lowest BCUT2D eigenvalue weighted by molar-refractivity contribution is -0.136. The first-order valence-corrected chi connectivity index (χ1v) is 5.69. The van der Waals surface area contributed by atoms with Crippen LogP contribution in [0.4, 0.5) is 24.7 Å². The molecule has 5 nitrogen and oxygen atoms in total. The summed E-state index contributed by atoms with van der Waals surface area (Å²) in [5, 5.41) is 11.3. The van der Waals surface area contributed by atoms with Crippen LogP contribution in [0.25, 0.3) is 0 Å². The second-order valence-electron chi connectivity index (χ2n) is 4.07. The number of pyridine rings is 1. The van der Waals surface area contributed by atoms with Gasteiger partial charge in [-0.3, -0.25) is 4.79 Å². The largest absolute Gasteiger partial charge is 0.477 e. The first kappa shape index (κ1) is 14.6. The van der Waals surface area contributed by atoms with E-state index >= 15 is 0 Å². The van der Waals surface area contributed by atoms with E-state index in [1.54, 1.807) is 0 Å². The van der Waals surface area contributed by atoms with Crippen molar-refractivity contribution in [1.29, 1.82) is 0 Å². The number of carboxylic acid groups (broad SMARTS) is 1. The van der Waals surface area contributed by atoms with Crippen molar-refractivity contribution in [3.05, 3.63) is 57.9 Å². The normalized spacial score (nSPS) is 11.2. The molecule has 0 radical (unpaired) electrons. The second-order valence-corrected chi connectivity index (χ2v) is 4.07. The van der Waals surface area contributed by atoms with Crippen LogP contribution in [0.15, 0.2) is 41.3 Å². The van der Waals surface area contributed by atoms with E-state index in [1.807, 2.05) is 0 Å². The van der Waals surface area contributed by atoms with E-state index in [9.17, 15) is 22.8 Å². The predicted octanol–water partition coefficient (Wildman–Crippen LogP) is 2.84. The zero-order valence-electron chi connectivity index (χ0n) is 10.4. The van der Waals surface area contributed by atoms with Gasteiger partial charge in [-0.05, 0) is 12.1 Å². The number of hydrogen-bond donors (Lipinski definition) is 3. The van der Waals surface area contributed by atoms with Gasteiger partial charge >= 0.3 is 12.1 Å². The van der Waals surface area contributed by atoms with Gasteiger partial charge in [-0.25, -0.2) is 4.79 Å². The Morgan fingerprint density at radius 2 is 1.86 bits per heavy atom. The molecular formula is C13H9F3N2O3. The molecule has 0 spiro atoms. The highest BCUT2D eigenvalue weighted by Gasteiger charge is 2.33. The smallest absolute Gasteiger partial charge is 0.418 e. The fraction of sp³-hybridized carbons (Fsp3) is 0.0769. The monoisotopic (exact) mass is 298 g/mol. The molecule has 0 atom stereocenters. The molecule has 0 saturated carbocycles. The zero-order chi connectivity index (χ0) is 15.6. The van der Waals surface area contributed by atoms with Crippen LogP contribution in [-0.4, -0.2) is 16.1 Å². The van der Waals surface area contributed by atoms with Gasteiger partial charge in [-0.1, -0.05) is 12.1 Å². The molecule has 2 aromatic rings. The Kier molecular flexibility index (Phi) is 3.70. The third kappa shape index (κ3) is 3.04. The van der Waals surface area contributed by atoms with E-state index in [-0.39, 0.29) is 11.5 Å². The molecule has 8 heteroatoms. The van der Waals surface area contributed by atoms with Gasteiger partial charge in [0, 0.05) is 12.3 Å². The van der Waals surface area contributed by atoms with E-state index in [2.05, 4.69) is 10.3 Å². The molecule has 0 fully saturated rings. The number of carbonyl (C=O) groups is 1. The van der Waals surface area contributed by atoms with Crippen LogP contribution in [0.5, 0.6) is 0 Å². The number of halogens is 3. The molecule has 0 saturated heterocycles. The van der Waals surface area contributed by atoms with E-state index in [4.69, 9.17) is 5.11 Å². The van der Waals surface area contributed by atoms with Crippen LogP contribution < -0.4 is 10.7 Å². The van der Waals surface area contributed by atoms with Crippen molar-refractivity contribution in [1.82, 2.24) is 4.98 Å². The van der Waals surface area contributed by atoms with Gasteiger partial charge < -0.3 is 15.4 Å². The lowest BCUT2D eigenvalue weighted by atomic mass is 10.1. The number of H-pyrrole nitrogens is 1. The summed E-state index contributed by atoms with van der Waals surface area (Å²) in [7, 11) is 0. The third-order valence-electron chi connectivity index (χ3n) is 2.66. The maximum absolute atomic E-state index is 12.9. The Labute approximate surface area is 116 Å². The average Bonchev–Trinajstić information content (AvgIpc) is 2.37. The van der Waals surface area contributed by atoms with Crippen molar-refractivity contribution in [2.45, 2.75) is 6.18 Å². The van der Waals surface area contributed by atoms with Crippen molar-refractivity contribution in [3.8, 4) is 0 Å². The van der Waals surface area contributed by atoms with Crippen molar-refractivity contribution in [2.24, 2.45) is 0 Å². The van der Waals surface area contributed by atoms with Crippen LogP contribution in [0.3, 0.4) is 0 Å². The van der Waals surface area contributed by atoms with E-state index < -0.39 is 28.7 Å².